The van der Waals surface area contributed by atoms with Crippen LogP contribution in [-0.4, -0.2) is 29.1 Å². The summed E-state index contributed by atoms with van der Waals surface area (Å²) in [7, 11) is 0. The lowest BCUT2D eigenvalue weighted by atomic mass is 9.77. The quantitative estimate of drug-likeness (QED) is 0.851. The summed E-state index contributed by atoms with van der Waals surface area (Å²) < 4.78 is 0.960. The zero-order chi connectivity index (χ0) is 16.6. The number of aromatic nitrogens is 1. The van der Waals surface area contributed by atoms with Crippen molar-refractivity contribution in [1.29, 1.82) is 0 Å². The molecule has 5 heteroatoms. The average Bonchev–Trinajstić information content (AvgIpc) is 2.95. The van der Waals surface area contributed by atoms with E-state index < -0.39 is 5.97 Å². The number of rotatable bonds is 3. The van der Waals surface area contributed by atoms with Gasteiger partial charge >= 0.3 is 5.97 Å². The molecule has 23 heavy (non-hydrogen) atoms. The number of halogens is 1. The number of hydrogen-bond donors (Lipinski definition) is 1. The van der Waals surface area contributed by atoms with E-state index in [0.717, 1.165) is 40.2 Å². The van der Waals surface area contributed by atoms with Gasteiger partial charge in [-0.2, -0.15) is 0 Å². The molecule has 1 saturated heterocycles. The van der Waals surface area contributed by atoms with Crippen LogP contribution in [0.3, 0.4) is 0 Å². The molecular weight excluding hydrogens is 356 g/mol. The van der Waals surface area contributed by atoms with Crippen LogP contribution in [0.1, 0.15) is 55.5 Å². The minimum absolute atomic E-state index is 0.0364. The molecule has 1 aromatic rings. The Balaban J connectivity index is 1.91. The number of carbonyl (C=O) groups is 1. The van der Waals surface area contributed by atoms with Crippen molar-refractivity contribution >= 4 is 27.6 Å². The SMILES string of the molecule is Cc1nc(C)c(CC(=O)O)c(N2CCC3(CCCC3)CC2)c1Br. The smallest absolute Gasteiger partial charge is 0.307 e. The maximum atomic E-state index is 11.3. The number of carboxylic acid groups (broad SMARTS) is 1. The summed E-state index contributed by atoms with van der Waals surface area (Å²) in [6, 6.07) is 0. The fourth-order valence-electron chi connectivity index (χ4n) is 4.37. The highest BCUT2D eigenvalue weighted by molar-refractivity contribution is 9.10. The normalized spacial score (nSPS) is 20.2. The first-order chi connectivity index (χ1) is 10.9. The van der Waals surface area contributed by atoms with Crippen molar-refractivity contribution in [3.8, 4) is 0 Å². The second-order valence-corrected chi connectivity index (χ2v) is 7.98. The molecule has 2 fully saturated rings. The molecule has 0 atom stereocenters. The number of piperidine rings is 1. The van der Waals surface area contributed by atoms with Crippen molar-refractivity contribution < 1.29 is 9.90 Å². The van der Waals surface area contributed by atoms with Crippen LogP contribution < -0.4 is 4.90 Å². The summed E-state index contributed by atoms with van der Waals surface area (Å²) in [4.78, 5) is 18.2. The predicted octanol–water partition coefficient (Wildman–Crippen LogP) is 4.25. The van der Waals surface area contributed by atoms with Gasteiger partial charge in [0.25, 0.3) is 0 Å². The summed E-state index contributed by atoms with van der Waals surface area (Å²) in [5.74, 6) is -0.795. The monoisotopic (exact) mass is 380 g/mol. The Morgan fingerprint density at radius 1 is 1.17 bits per heavy atom. The van der Waals surface area contributed by atoms with Gasteiger partial charge in [-0.1, -0.05) is 12.8 Å². The van der Waals surface area contributed by atoms with E-state index in [0.29, 0.717) is 5.41 Å². The van der Waals surface area contributed by atoms with E-state index in [9.17, 15) is 9.90 Å². The predicted molar refractivity (Wildman–Crippen MR) is 95.1 cm³/mol. The maximum absolute atomic E-state index is 11.3. The first-order valence-electron chi connectivity index (χ1n) is 8.54. The van der Waals surface area contributed by atoms with Crippen molar-refractivity contribution in [2.24, 2.45) is 5.41 Å². The molecule has 2 heterocycles. The molecule has 1 saturated carbocycles. The van der Waals surface area contributed by atoms with Gasteiger partial charge in [-0.3, -0.25) is 9.78 Å². The molecule has 1 aliphatic heterocycles. The lowest BCUT2D eigenvalue weighted by molar-refractivity contribution is -0.136. The molecule has 0 aromatic carbocycles. The Morgan fingerprint density at radius 3 is 2.35 bits per heavy atom. The van der Waals surface area contributed by atoms with Gasteiger partial charge in [0.05, 0.1) is 22.3 Å². The third-order valence-corrected chi connectivity index (χ3v) is 6.67. The molecule has 1 aliphatic carbocycles. The van der Waals surface area contributed by atoms with Crippen LogP contribution in [0.25, 0.3) is 0 Å². The fraction of sp³-hybridized carbons (Fsp3) is 0.667. The van der Waals surface area contributed by atoms with E-state index in [4.69, 9.17) is 0 Å². The zero-order valence-corrected chi connectivity index (χ0v) is 15.6. The van der Waals surface area contributed by atoms with Crippen LogP contribution in [0, 0.1) is 19.3 Å². The first-order valence-corrected chi connectivity index (χ1v) is 9.33. The van der Waals surface area contributed by atoms with Crippen LogP contribution >= 0.6 is 15.9 Å². The largest absolute Gasteiger partial charge is 0.481 e. The minimum Gasteiger partial charge on any atom is -0.481 e. The van der Waals surface area contributed by atoms with Crippen molar-refractivity contribution in [2.45, 2.75) is 58.8 Å². The Kier molecular flexibility index (Phi) is 4.68. The molecular formula is C18H25BrN2O2. The second-order valence-electron chi connectivity index (χ2n) is 7.19. The highest BCUT2D eigenvalue weighted by Crippen LogP contribution is 2.47. The van der Waals surface area contributed by atoms with Gasteiger partial charge in [0.1, 0.15) is 0 Å². The van der Waals surface area contributed by atoms with Crippen LogP contribution in [-0.2, 0) is 11.2 Å². The highest BCUT2D eigenvalue weighted by atomic mass is 79.9. The standard InChI is InChI=1S/C18H25BrN2O2/c1-12-14(11-15(22)23)17(16(19)13(2)20-12)21-9-7-18(8-10-21)5-3-4-6-18/h3-11H2,1-2H3,(H,22,23). The van der Waals surface area contributed by atoms with Crippen LogP contribution in [0.4, 0.5) is 5.69 Å². The maximum Gasteiger partial charge on any atom is 0.307 e. The number of aliphatic carboxylic acids is 1. The van der Waals surface area contributed by atoms with Crippen LogP contribution in [0.2, 0.25) is 0 Å². The average molecular weight is 381 g/mol. The number of carboxylic acids is 1. The topological polar surface area (TPSA) is 53.4 Å². The number of anilines is 1. The van der Waals surface area contributed by atoms with E-state index in [-0.39, 0.29) is 6.42 Å². The lowest BCUT2D eigenvalue weighted by Gasteiger charge is -2.41. The van der Waals surface area contributed by atoms with E-state index in [1.807, 2.05) is 13.8 Å². The molecule has 0 amide bonds. The van der Waals surface area contributed by atoms with Crippen LogP contribution in [0.5, 0.6) is 0 Å². The van der Waals surface area contributed by atoms with Crippen molar-refractivity contribution in [3.05, 3.63) is 21.4 Å². The van der Waals surface area contributed by atoms with Gasteiger partial charge in [-0.25, -0.2) is 0 Å². The lowest BCUT2D eigenvalue weighted by Crippen LogP contribution is -2.39. The molecule has 1 aromatic heterocycles. The highest BCUT2D eigenvalue weighted by Gasteiger charge is 2.38. The first kappa shape index (κ1) is 16.7. The van der Waals surface area contributed by atoms with Gasteiger partial charge < -0.3 is 10.0 Å². The Bertz CT molecular complexity index is 614. The molecule has 126 valence electrons. The number of hydrogen-bond acceptors (Lipinski definition) is 3. The molecule has 0 radical (unpaired) electrons. The van der Waals surface area contributed by atoms with E-state index >= 15 is 0 Å². The molecule has 0 unspecified atom stereocenters. The van der Waals surface area contributed by atoms with E-state index in [2.05, 4.69) is 25.8 Å². The van der Waals surface area contributed by atoms with Crippen molar-refractivity contribution in [2.75, 3.05) is 18.0 Å². The molecule has 3 rings (SSSR count). The van der Waals surface area contributed by atoms with Crippen LogP contribution in [0.15, 0.2) is 4.47 Å². The fourth-order valence-corrected chi connectivity index (χ4v) is 4.94. The molecule has 1 spiro atoms. The summed E-state index contributed by atoms with van der Waals surface area (Å²) in [6.07, 6.45) is 7.99. The van der Waals surface area contributed by atoms with Crippen molar-refractivity contribution in [3.63, 3.8) is 0 Å². The van der Waals surface area contributed by atoms with Crippen molar-refractivity contribution in [1.82, 2.24) is 4.98 Å². The summed E-state index contributed by atoms with van der Waals surface area (Å²) >= 11 is 3.67. The summed E-state index contributed by atoms with van der Waals surface area (Å²) in [5.41, 5.74) is 4.26. The Morgan fingerprint density at radius 2 is 1.78 bits per heavy atom. The number of pyridine rings is 1. The van der Waals surface area contributed by atoms with Gasteiger partial charge in [0.15, 0.2) is 0 Å². The minimum atomic E-state index is -0.795. The third kappa shape index (κ3) is 3.25. The molecule has 1 N–H and O–H groups in total. The Hall–Kier alpha value is -1.10. The number of nitrogens with zero attached hydrogens (tertiary/aromatic N) is 2. The third-order valence-electron chi connectivity index (χ3n) is 5.72. The molecule has 4 nitrogen and oxygen atoms in total. The summed E-state index contributed by atoms with van der Waals surface area (Å²) in [6.45, 7) is 5.94. The van der Waals surface area contributed by atoms with Gasteiger partial charge in [-0.05, 0) is 60.9 Å². The number of aryl methyl sites for hydroxylation is 2. The van der Waals surface area contributed by atoms with Gasteiger partial charge in [0.2, 0.25) is 0 Å². The van der Waals surface area contributed by atoms with E-state index in [1.54, 1.807) is 0 Å². The van der Waals surface area contributed by atoms with Gasteiger partial charge in [0, 0.05) is 24.3 Å². The zero-order valence-electron chi connectivity index (χ0n) is 14.0. The van der Waals surface area contributed by atoms with Gasteiger partial charge in [-0.15, -0.1) is 0 Å². The molecule has 0 bridgehead atoms. The second kappa shape index (κ2) is 6.42. The molecule has 2 aliphatic rings. The summed E-state index contributed by atoms with van der Waals surface area (Å²) in [5, 5.41) is 9.28. The Labute approximate surface area is 146 Å². The van der Waals surface area contributed by atoms with E-state index in [1.165, 1.54) is 38.5 Å².